The Morgan fingerprint density at radius 1 is 1.16 bits per heavy atom. The molecule has 0 amide bonds. The Bertz CT molecular complexity index is 374. The van der Waals surface area contributed by atoms with Crippen LogP contribution in [0, 0.1) is 28.1 Å². The number of rotatable bonds is 3. The molecule has 3 heteroatoms. The van der Waals surface area contributed by atoms with Crippen LogP contribution in [0.1, 0.15) is 67.2 Å². The number of hydrogen-bond acceptors (Lipinski definition) is 3. The van der Waals surface area contributed by atoms with Crippen LogP contribution in [0.25, 0.3) is 0 Å². The SMILES string of the molecule is CCC(C#N)C(=O)OC1(C)CC(C)(C)CC(C)(C)C1. The molecule has 0 aliphatic heterocycles. The summed E-state index contributed by atoms with van der Waals surface area (Å²) in [6.07, 6.45) is 3.36. The van der Waals surface area contributed by atoms with Crippen molar-refractivity contribution >= 4 is 5.97 Å². The third-order valence-corrected chi connectivity index (χ3v) is 3.86. The summed E-state index contributed by atoms with van der Waals surface area (Å²) in [6.45, 7) is 12.7. The molecule has 0 aromatic rings. The van der Waals surface area contributed by atoms with Gasteiger partial charge in [0.1, 0.15) is 11.5 Å². The summed E-state index contributed by atoms with van der Waals surface area (Å²) >= 11 is 0. The van der Waals surface area contributed by atoms with Crippen LogP contribution >= 0.6 is 0 Å². The maximum absolute atomic E-state index is 12.1. The molecule has 1 aliphatic rings. The van der Waals surface area contributed by atoms with Gasteiger partial charge >= 0.3 is 5.97 Å². The van der Waals surface area contributed by atoms with Crippen LogP contribution in [0.4, 0.5) is 0 Å². The summed E-state index contributed by atoms with van der Waals surface area (Å²) in [5, 5.41) is 8.96. The Hall–Kier alpha value is -1.04. The first kappa shape index (κ1) is 16.0. The molecule has 3 nitrogen and oxygen atoms in total. The van der Waals surface area contributed by atoms with Crippen molar-refractivity contribution in [2.24, 2.45) is 16.7 Å². The van der Waals surface area contributed by atoms with Crippen molar-refractivity contribution < 1.29 is 9.53 Å². The lowest BCUT2D eigenvalue weighted by atomic mass is 9.60. The fourth-order valence-corrected chi connectivity index (χ4v) is 4.20. The van der Waals surface area contributed by atoms with Gasteiger partial charge in [-0.2, -0.15) is 5.26 Å². The summed E-state index contributed by atoms with van der Waals surface area (Å²) in [7, 11) is 0. The molecule has 1 fully saturated rings. The van der Waals surface area contributed by atoms with Crippen LogP contribution in [0.3, 0.4) is 0 Å². The minimum Gasteiger partial charge on any atom is -0.458 e. The van der Waals surface area contributed by atoms with Gasteiger partial charge in [0, 0.05) is 0 Å². The maximum atomic E-state index is 12.1. The number of ether oxygens (including phenoxy) is 1. The highest BCUT2D eigenvalue weighted by Crippen LogP contribution is 2.51. The topological polar surface area (TPSA) is 50.1 Å². The largest absolute Gasteiger partial charge is 0.458 e. The number of carbonyl (C=O) groups is 1. The number of nitriles is 1. The molecule has 0 spiro atoms. The molecular weight excluding hydrogens is 238 g/mol. The Labute approximate surface area is 117 Å². The second-order valence-corrected chi connectivity index (χ2v) is 7.82. The van der Waals surface area contributed by atoms with E-state index in [0.717, 1.165) is 19.3 Å². The van der Waals surface area contributed by atoms with Crippen molar-refractivity contribution in [3.8, 4) is 6.07 Å². The Kier molecular flexibility index (Phi) is 4.34. The minimum atomic E-state index is -0.634. The lowest BCUT2D eigenvalue weighted by molar-refractivity contribution is -0.174. The monoisotopic (exact) mass is 265 g/mol. The number of carbonyl (C=O) groups excluding carboxylic acids is 1. The van der Waals surface area contributed by atoms with Crippen molar-refractivity contribution in [3.63, 3.8) is 0 Å². The van der Waals surface area contributed by atoms with Crippen LogP contribution in [-0.4, -0.2) is 11.6 Å². The molecule has 0 N–H and O–H groups in total. The molecular formula is C16H27NO2. The quantitative estimate of drug-likeness (QED) is 0.723. The molecule has 0 aromatic carbocycles. The average Bonchev–Trinajstić information content (AvgIpc) is 2.11. The normalized spacial score (nSPS) is 25.1. The van der Waals surface area contributed by atoms with Crippen LogP contribution in [0.15, 0.2) is 0 Å². The molecule has 1 aliphatic carbocycles. The van der Waals surface area contributed by atoms with E-state index in [1.165, 1.54) is 0 Å². The van der Waals surface area contributed by atoms with Gasteiger partial charge in [-0.25, -0.2) is 0 Å². The molecule has 0 heterocycles. The fourth-order valence-electron chi connectivity index (χ4n) is 4.20. The van der Waals surface area contributed by atoms with E-state index in [4.69, 9.17) is 10.00 Å². The zero-order valence-corrected chi connectivity index (χ0v) is 13.2. The van der Waals surface area contributed by atoms with Gasteiger partial charge in [-0.1, -0.05) is 34.6 Å². The van der Waals surface area contributed by atoms with Gasteiger partial charge in [-0.15, -0.1) is 0 Å². The van der Waals surface area contributed by atoms with E-state index in [1.54, 1.807) is 0 Å². The lowest BCUT2D eigenvalue weighted by Crippen LogP contribution is -2.47. The molecule has 1 atom stereocenters. The van der Waals surface area contributed by atoms with Gasteiger partial charge in [0.2, 0.25) is 0 Å². The number of hydrogen-bond donors (Lipinski definition) is 0. The molecule has 19 heavy (non-hydrogen) atoms. The van der Waals surface area contributed by atoms with Gasteiger partial charge in [0.15, 0.2) is 0 Å². The Balaban J connectivity index is 2.86. The molecule has 0 radical (unpaired) electrons. The first-order chi connectivity index (χ1) is 8.52. The summed E-state index contributed by atoms with van der Waals surface area (Å²) in [6, 6.07) is 2.03. The average molecular weight is 265 g/mol. The number of esters is 1. The number of nitrogens with zero attached hydrogens (tertiary/aromatic N) is 1. The highest BCUT2D eigenvalue weighted by atomic mass is 16.6. The molecule has 0 aromatic heterocycles. The molecule has 0 saturated heterocycles. The maximum Gasteiger partial charge on any atom is 0.323 e. The summed E-state index contributed by atoms with van der Waals surface area (Å²) in [5.41, 5.74) is -0.136. The van der Waals surface area contributed by atoms with Crippen molar-refractivity contribution in [2.75, 3.05) is 0 Å². The second-order valence-electron chi connectivity index (χ2n) is 7.82. The first-order valence-electron chi connectivity index (χ1n) is 7.15. The fraction of sp³-hybridized carbons (Fsp3) is 0.875. The van der Waals surface area contributed by atoms with Crippen molar-refractivity contribution in [1.29, 1.82) is 5.26 Å². The summed E-state index contributed by atoms with van der Waals surface area (Å²) in [5.74, 6) is -0.994. The van der Waals surface area contributed by atoms with E-state index in [1.807, 2.05) is 19.9 Å². The first-order valence-corrected chi connectivity index (χ1v) is 7.15. The van der Waals surface area contributed by atoms with Gasteiger partial charge in [-0.3, -0.25) is 4.79 Å². The second kappa shape index (κ2) is 5.15. The standard InChI is InChI=1S/C16H27NO2/c1-7-12(8-17)13(18)19-16(6)10-14(2,3)9-15(4,5)11-16/h12H,7,9-11H2,1-6H3. The molecule has 1 rings (SSSR count). The lowest BCUT2D eigenvalue weighted by Gasteiger charge is -2.50. The smallest absolute Gasteiger partial charge is 0.323 e. The van der Waals surface area contributed by atoms with E-state index in [-0.39, 0.29) is 16.8 Å². The van der Waals surface area contributed by atoms with Crippen LogP contribution in [-0.2, 0) is 9.53 Å². The Morgan fingerprint density at radius 2 is 1.63 bits per heavy atom. The van der Waals surface area contributed by atoms with Crippen molar-refractivity contribution in [1.82, 2.24) is 0 Å². The molecule has 1 saturated carbocycles. The van der Waals surface area contributed by atoms with E-state index < -0.39 is 11.5 Å². The molecule has 108 valence electrons. The van der Waals surface area contributed by atoms with Crippen LogP contribution in [0.2, 0.25) is 0 Å². The van der Waals surface area contributed by atoms with E-state index in [9.17, 15) is 4.79 Å². The van der Waals surface area contributed by atoms with Crippen molar-refractivity contribution in [2.45, 2.75) is 72.8 Å². The predicted molar refractivity (Wildman–Crippen MR) is 75.3 cm³/mol. The van der Waals surface area contributed by atoms with Gasteiger partial charge in [0.25, 0.3) is 0 Å². The molecule has 1 unspecified atom stereocenters. The summed E-state index contributed by atoms with van der Waals surface area (Å²) in [4.78, 5) is 12.1. The van der Waals surface area contributed by atoms with Crippen LogP contribution in [0.5, 0.6) is 0 Å². The van der Waals surface area contributed by atoms with E-state index >= 15 is 0 Å². The van der Waals surface area contributed by atoms with Crippen LogP contribution < -0.4 is 0 Å². The van der Waals surface area contributed by atoms with E-state index in [2.05, 4.69) is 27.7 Å². The minimum absolute atomic E-state index is 0.158. The highest BCUT2D eigenvalue weighted by molar-refractivity contribution is 5.75. The molecule has 0 bridgehead atoms. The van der Waals surface area contributed by atoms with Gasteiger partial charge in [-0.05, 0) is 43.4 Å². The third kappa shape index (κ3) is 4.23. The zero-order valence-electron chi connectivity index (χ0n) is 13.2. The van der Waals surface area contributed by atoms with Crippen molar-refractivity contribution in [3.05, 3.63) is 0 Å². The summed E-state index contributed by atoms with van der Waals surface area (Å²) < 4.78 is 5.73. The van der Waals surface area contributed by atoms with Gasteiger partial charge < -0.3 is 4.74 Å². The third-order valence-electron chi connectivity index (χ3n) is 3.86. The predicted octanol–water partition coefficient (Wildman–Crippen LogP) is 4.07. The van der Waals surface area contributed by atoms with Gasteiger partial charge in [0.05, 0.1) is 6.07 Å². The Morgan fingerprint density at radius 3 is 2.00 bits per heavy atom. The van der Waals surface area contributed by atoms with E-state index in [0.29, 0.717) is 6.42 Å². The zero-order chi connectivity index (χ0) is 14.9. The highest BCUT2D eigenvalue weighted by Gasteiger charge is 2.47.